The van der Waals surface area contributed by atoms with E-state index in [-0.39, 0.29) is 11.8 Å². The van der Waals surface area contributed by atoms with Gasteiger partial charge >= 0.3 is 0 Å². The quantitative estimate of drug-likeness (QED) is 0.914. The molecule has 1 fully saturated rings. The molecule has 1 atom stereocenters. The van der Waals surface area contributed by atoms with Gasteiger partial charge in [-0.2, -0.15) is 0 Å². The number of piperidine rings is 1. The van der Waals surface area contributed by atoms with Crippen LogP contribution in [0.15, 0.2) is 24.3 Å². The number of benzene rings is 1. The fraction of sp³-hybridized carbons (Fsp3) is 0.500. The first-order valence-electron chi connectivity index (χ1n) is 6.84. The van der Waals surface area contributed by atoms with Crippen molar-refractivity contribution in [3.63, 3.8) is 0 Å². The second-order valence-electron chi connectivity index (χ2n) is 5.39. The van der Waals surface area contributed by atoms with Gasteiger partial charge in [0.1, 0.15) is 0 Å². The summed E-state index contributed by atoms with van der Waals surface area (Å²) in [5.41, 5.74) is 0.569. The molecule has 116 valence electrons. The molecule has 1 amide bonds. The van der Waals surface area contributed by atoms with Crippen molar-refractivity contribution in [2.24, 2.45) is 5.92 Å². The Balaban J connectivity index is 1.99. The molecule has 21 heavy (non-hydrogen) atoms. The van der Waals surface area contributed by atoms with Crippen LogP contribution in [0.1, 0.15) is 23.2 Å². The summed E-state index contributed by atoms with van der Waals surface area (Å²) in [4.78, 5) is 14.2. The molecule has 0 aromatic heterocycles. The molecule has 0 bridgehead atoms. The van der Waals surface area contributed by atoms with Crippen LogP contribution in [0.3, 0.4) is 0 Å². The van der Waals surface area contributed by atoms with Gasteiger partial charge in [-0.15, -0.1) is 0 Å². The van der Waals surface area contributed by atoms with Gasteiger partial charge in [-0.1, -0.05) is 17.7 Å². The van der Waals surface area contributed by atoms with Crippen LogP contribution in [-0.4, -0.2) is 45.1 Å². The van der Waals surface area contributed by atoms with Gasteiger partial charge in [0, 0.05) is 30.2 Å². The number of nitrogens with one attached hydrogen (secondary N) is 1. The van der Waals surface area contributed by atoms with E-state index in [4.69, 9.17) is 11.6 Å². The summed E-state index contributed by atoms with van der Waals surface area (Å²) >= 11 is 5.91. The second-order valence-corrected chi connectivity index (χ2v) is 7.66. The summed E-state index contributed by atoms with van der Waals surface area (Å²) < 4.78 is 24.8. The lowest BCUT2D eigenvalue weighted by atomic mass is 9.97. The van der Waals surface area contributed by atoms with Gasteiger partial charge in [0.2, 0.25) is 10.0 Å². The smallest absolute Gasteiger partial charge is 0.253 e. The van der Waals surface area contributed by atoms with Crippen molar-refractivity contribution in [3.8, 4) is 0 Å². The van der Waals surface area contributed by atoms with Gasteiger partial charge in [0.25, 0.3) is 5.91 Å². The highest BCUT2D eigenvalue weighted by molar-refractivity contribution is 7.88. The molecule has 1 saturated heterocycles. The zero-order valence-corrected chi connectivity index (χ0v) is 13.5. The zero-order valence-electron chi connectivity index (χ0n) is 11.9. The number of halogens is 1. The maximum atomic E-state index is 12.4. The number of nitrogens with zero attached hydrogens (tertiary/aromatic N) is 1. The molecule has 0 aliphatic carbocycles. The Kier molecular flexibility index (Phi) is 5.24. The van der Waals surface area contributed by atoms with Crippen LogP contribution in [0, 0.1) is 5.92 Å². The summed E-state index contributed by atoms with van der Waals surface area (Å²) in [7, 11) is -3.19. The van der Waals surface area contributed by atoms with Gasteiger partial charge in [0.15, 0.2) is 0 Å². The Morgan fingerprint density at radius 2 is 2.24 bits per heavy atom. The Morgan fingerprint density at radius 3 is 2.90 bits per heavy atom. The Bertz CT molecular complexity index is 618. The Hall–Kier alpha value is -1.11. The fourth-order valence-corrected chi connectivity index (χ4v) is 3.22. The van der Waals surface area contributed by atoms with Crippen LogP contribution >= 0.6 is 11.6 Å². The van der Waals surface area contributed by atoms with Gasteiger partial charge in [-0.3, -0.25) is 4.79 Å². The molecule has 5 nitrogen and oxygen atoms in total. The van der Waals surface area contributed by atoms with E-state index < -0.39 is 10.0 Å². The highest BCUT2D eigenvalue weighted by Gasteiger charge is 2.25. The van der Waals surface area contributed by atoms with E-state index in [1.165, 1.54) is 0 Å². The van der Waals surface area contributed by atoms with Crippen LogP contribution < -0.4 is 4.72 Å². The van der Waals surface area contributed by atoms with Crippen molar-refractivity contribution in [1.29, 1.82) is 0 Å². The first kappa shape index (κ1) is 16.3. The fourth-order valence-electron chi connectivity index (χ4n) is 2.49. The summed E-state index contributed by atoms with van der Waals surface area (Å²) in [6.45, 7) is 1.63. The van der Waals surface area contributed by atoms with Crippen molar-refractivity contribution in [3.05, 3.63) is 34.9 Å². The molecule has 1 heterocycles. The third-order valence-corrected chi connectivity index (χ3v) is 4.44. The average Bonchev–Trinajstić information content (AvgIpc) is 2.44. The minimum Gasteiger partial charge on any atom is -0.338 e. The van der Waals surface area contributed by atoms with E-state index in [2.05, 4.69) is 4.72 Å². The zero-order chi connectivity index (χ0) is 15.5. The highest BCUT2D eigenvalue weighted by Crippen LogP contribution is 2.19. The number of likely N-dealkylation sites (tertiary alicyclic amines) is 1. The van der Waals surface area contributed by atoms with E-state index in [0.29, 0.717) is 30.2 Å². The topological polar surface area (TPSA) is 66.5 Å². The minimum atomic E-state index is -3.19. The van der Waals surface area contributed by atoms with E-state index in [1.54, 1.807) is 29.2 Å². The van der Waals surface area contributed by atoms with Crippen LogP contribution in [-0.2, 0) is 10.0 Å². The summed E-state index contributed by atoms with van der Waals surface area (Å²) in [5, 5.41) is 0.535. The molecule has 7 heteroatoms. The molecule has 1 aliphatic rings. The molecule has 2 rings (SSSR count). The van der Waals surface area contributed by atoms with Gasteiger partial charge < -0.3 is 4.90 Å². The molecule has 0 unspecified atom stereocenters. The van der Waals surface area contributed by atoms with E-state index >= 15 is 0 Å². The third-order valence-electron chi connectivity index (χ3n) is 3.51. The molecule has 1 aromatic rings. The minimum absolute atomic E-state index is 0.0541. The van der Waals surface area contributed by atoms with Gasteiger partial charge in [-0.25, -0.2) is 13.1 Å². The largest absolute Gasteiger partial charge is 0.338 e. The van der Waals surface area contributed by atoms with Crippen molar-refractivity contribution in [2.45, 2.75) is 12.8 Å². The normalized spacial score (nSPS) is 19.5. The molecule has 1 aliphatic heterocycles. The van der Waals surface area contributed by atoms with Gasteiger partial charge in [0.05, 0.1) is 6.26 Å². The van der Waals surface area contributed by atoms with Crippen LogP contribution in [0.4, 0.5) is 0 Å². The van der Waals surface area contributed by atoms with Crippen molar-refractivity contribution < 1.29 is 13.2 Å². The molecule has 1 aromatic carbocycles. The maximum Gasteiger partial charge on any atom is 0.253 e. The molecular formula is C14H19ClN2O3S. The first-order valence-corrected chi connectivity index (χ1v) is 9.11. The third kappa shape index (κ3) is 4.98. The average molecular weight is 331 g/mol. The number of rotatable bonds is 4. The predicted molar refractivity (Wildman–Crippen MR) is 82.9 cm³/mol. The molecule has 0 saturated carbocycles. The van der Waals surface area contributed by atoms with Crippen molar-refractivity contribution >= 4 is 27.5 Å². The Labute approximate surface area is 130 Å². The van der Waals surface area contributed by atoms with E-state index in [0.717, 1.165) is 19.1 Å². The van der Waals surface area contributed by atoms with Crippen LogP contribution in [0.25, 0.3) is 0 Å². The Morgan fingerprint density at radius 1 is 1.48 bits per heavy atom. The summed E-state index contributed by atoms with van der Waals surface area (Å²) in [6, 6.07) is 6.88. The highest BCUT2D eigenvalue weighted by atomic mass is 35.5. The first-order chi connectivity index (χ1) is 9.85. The molecule has 1 N–H and O–H groups in total. The number of amides is 1. The van der Waals surface area contributed by atoms with Crippen molar-refractivity contribution in [1.82, 2.24) is 9.62 Å². The molecule has 0 spiro atoms. The summed E-state index contributed by atoms with van der Waals surface area (Å²) in [6.07, 6.45) is 2.94. The maximum absolute atomic E-state index is 12.4. The predicted octanol–water partition coefficient (Wildman–Crippen LogP) is 1.74. The van der Waals surface area contributed by atoms with E-state index in [1.807, 2.05) is 0 Å². The van der Waals surface area contributed by atoms with Crippen LogP contribution in [0.2, 0.25) is 5.02 Å². The number of hydrogen-bond donors (Lipinski definition) is 1. The molecule has 0 radical (unpaired) electrons. The SMILES string of the molecule is CS(=O)(=O)NC[C@H]1CCCN(C(=O)c2cccc(Cl)c2)C1. The second kappa shape index (κ2) is 6.77. The lowest BCUT2D eigenvalue weighted by molar-refractivity contribution is 0.0676. The number of sulfonamides is 1. The van der Waals surface area contributed by atoms with Gasteiger partial charge in [-0.05, 0) is 37.0 Å². The number of carbonyl (C=O) groups is 1. The number of carbonyl (C=O) groups excluding carboxylic acids is 1. The standard InChI is InChI=1S/C14H19ClN2O3S/c1-21(19,20)16-9-11-4-3-7-17(10-11)14(18)12-5-2-6-13(15)8-12/h2,5-6,8,11,16H,3-4,7,9-10H2,1H3/t11-/m1/s1. The number of hydrogen-bond acceptors (Lipinski definition) is 3. The molecular weight excluding hydrogens is 312 g/mol. The van der Waals surface area contributed by atoms with E-state index in [9.17, 15) is 13.2 Å². The summed E-state index contributed by atoms with van der Waals surface area (Å²) in [5.74, 6) is 0.0955. The van der Waals surface area contributed by atoms with Crippen molar-refractivity contribution in [2.75, 3.05) is 25.9 Å². The van der Waals surface area contributed by atoms with Crippen LogP contribution in [0.5, 0.6) is 0 Å². The lowest BCUT2D eigenvalue weighted by Crippen LogP contribution is -2.43. The monoisotopic (exact) mass is 330 g/mol. The lowest BCUT2D eigenvalue weighted by Gasteiger charge is -2.32.